The van der Waals surface area contributed by atoms with Crippen LogP contribution in [-0.2, 0) is 4.79 Å². The van der Waals surface area contributed by atoms with Gasteiger partial charge in [0.2, 0.25) is 0 Å². The van der Waals surface area contributed by atoms with Gasteiger partial charge in [0.25, 0.3) is 6.47 Å². The molecule has 4 heteroatoms. The number of nitrogens with two attached hydrogens (primary N) is 1. The molecule has 11 heavy (non-hydrogen) atoms. The Bertz CT molecular complexity index is 275. The van der Waals surface area contributed by atoms with Gasteiger partial charge in [0.1, 0.15) is 5.75 Å². The first kappa shape index (κ1) is 7.94. The van der Waals surface area contributed by atoms with E-state index in [-0.39, 0.29) is 0 Å². The Balaban J connectivity index is 2.95. The van der Waals surface area contributed by atoms with Crippen LogP contribution in [0.25, 0.3) is 0 Å². The van der Waals surface area contributed by atoms with Crippen molar-refractivity contribution in [2.45, 2.75) is 4.90 Å². The molecular formula is C7H7NO2S. The van der Waals surface area contributed by atoms with Gasteiger partial charge in [-0.3, -0.25) is 4.79 Å². The molecule has 2 N–H and O–H groups in total. The Morgan fingerprint density at radius 1 is 1.55 bits per heavy atom. The van der Waals surface area contributed by atoms with Crippen molar-refractivity contribution in [1.29, 1.82) is 0 Å². The topological polar surface area (TPSA) is 52.3 Å². The average molecular weight is 169 g/mol. The molecule has 0 fully saturated rings. The molecule has 0 heterocycles. The Morgan fingerprint density at radius 3 is 2.82 bits per heavy atom. The zero-order valence-electron chi connectivity index (χ0n) is 5.65. The van der Waals surface area contributed by atoms with Crippen LogP contribution in [0.5, 0.6) is 5.75 Å². The van der Waals surface area contributed by atoms with Gasteiger partial charge in [0.05, 0.1) is 0 Å². The van der Waals surface area contributed by atoms with Gasteiger partial charge >= 0.3 is 0 Å². The highest BCUT2D eigenvalue weighted by atomic mass is 32.1. The molecule has 0 amide bonds. The van der Waals surface area contributed by atoms with Crippen LogP contribution >= 0.6 is 12.6 Å². The van der Waals surface area contributed by atoms with E-state index in [0.29, 0.717) is 22.8 Å². The van der Waals surface area contributed by atoms with Gasteiger partial charge in [0, 0.05) is 16.6 Å². The third kappa shape index (κ3) is 1.88. The van der Waals surface area contributed by atoms with Crippen molar-refractivity contribution in [2.24, 2.45) is 0 Å². The molecular weight excluding hydrogens is 162 g/mol. The molecule has 0 aliphatic heterocycles. The third-order valence-electron chi connectivity index (χ3n) is 1.18. The molecule has 0 aromatic heterocycles. The molecule has 0 spiro atoms. The van der Waals surface area contributed by atoms with E-state index < -0.39 is 0 Å². The van der Waals surface area contributed by atoms with Crippen molar-refractivity contribution in [3.8, 4) is 5.75 Å². The maximum Gasteiger partial charge on any atom is 0.298 e. The van der Waals surface area contributed by atoms with Gasteiger partial charge in [-0.1, -0.05) is 0 Å². The van der Waals surface area contributed by atoms with E-state index >= 15 is 0 Å². The predicted octanol–water partition coefficient (Wildman–Crippen LogP) is 1.09. The second kappa shape index (κ2) is 3.30. The highest BCUT2D eigenvalue weighted by molar-refractivity contribution is 7.80. The van der Waals surface area contributed by atoms with Gasteiger partial charge in [-0.25, -0.2) is 0 Å². The molecule has 0 saturated heterocycles. The summed E-state index contributed by atoms with van der Waals surface area (Å²) in [5.74, 6) is 0.426. The van der Waals surface area contributed by atoms with Crippen LogP contribution in [-0.4, -0.2) is 6.47 Å². The van der Waals surface area contributed by atoms with Gasteiger partial charge < -0.3 is 10.5 Å². The number of anilines is 1. The van der Waals surface area contributed by atoms with Gasteiger partial charge in [-0.2, -0.15) is 0 Å². The zero-order chi connectivity index (χ0) is 8.27. The van der Waals surface area contributed by atoms with E-state index in [1.807, 2.05) is 0 Å². The van der Waals surface area contributed by atoms with Crippen LogP contribution in [0.1, 0.15) is 0 Å². The van der Waals surface area contributed by atoms with Crippen LogP contribution in [0.3, 0.4) is 0 Å². The minimum atomic E-state index is 0.354. The van der Waals surface area contributed by atoms with Crippen molar-refractivity contribution in [3.05, 3.63) is 18.2 Å². The van der Waals surface area contributed by atoms with Crippen molar-refractivity contribution in [3.63, 3.8) is 0 Å². The van der Waals surface area contributed by atoms with Crippen molar-refractivity contribution in [2.75, 3.05) is 5.73 Å². The summed E-state index contributed by atoms with van der Waals surface area (Å²) >= 11 is 4.04. The molecule has 0 saturated carbocycles. The minimum absolute atomic E-state index is 0.354. The lowest BCUT2D eigenvalue weighted by Gasteiger charge is -2.00. The Morgan fingerprint density at radius 2 is 2.27 bits per heavy atom. The highest BCUT2D eigenvalue weighted by Gasteiger charge is 1.96. The fraction of sp³-hybridized carbons (Fsp3) is 0. The van der Waals surface area contributed by atoms with E-state index in [2.05, 4.69) is 17.4 Å². The van der Waals surface area contributed by atoms with Crippen molar-refractivity contribution < 1.29 is 9.53 Å². The van der Waals surface area contributed by atoms with Crippen LogP contribution in [0.2, 0.25) is 0 Å². The molecule has 0 unspecified atom stereocenters. The van der Waals surface area contributed by atoms with E-state index in [1.54, 1.807) is 12.1 Å². The van der Waals surface area contributed by atoms with E-state index in [0.717, 1.165) is 0 Å². The molecule has 0 atom stereocenters. The Labute approximate surface area is 69.6 Å². The quantitative estimate of drug-likeness (QED) is 0.396. The number of carbonyl (C=O) groups is 1. The number of nitrogen functional groups attached to an aromatic ring is 1. The minimum Gasteiger partial charge on any atom is -0.429 e. The van der Waals surface area contributed by atoms with Crippen LogP contribution < -0.4 is 10.5 Å². The number of ether oxygens (including phenoxy) is 1. The number of thiol groups is 1. The number of hydrogen-bond acceptors (Lipinski definition) is 4. The summed E-state index contributed by atoms with van der Waals surface area (Å²) in [6.45, 7) is 0.354. The summed E-state index contributed by atoms with van der Waals surface area (Å²) in [6.07, 6.45) is 0. The number of rotatable bonds is 2. The van der Waals surface area contributed by atoms with Crippen LogP contribution in [0.4, 0.5) is 5.69 Å². The Kier molecular flexibility index (Phi) is 2.38. The average Bonchev–Trinajstić information content (AvgIpc) is 1.98. The normalized spacial score (nSPS) is 9.18. The predicted molar refractivity (Wildman–Crippen MR) is 44.8 cm³/mol. The third-order valence-corrected chi connectivity index (χ3v) is 1.59. The monoisotopic (exact) mass is 169 g/mol. The summed E-state index contributed by atoms with van der Waals surface area (Å²) in [7, 11) is 0. The fourth-order valence-corrected chi connectivity index (χ4v) is 0.801. The zero-order valence-corrected chi connectivity index (χ0v) is 6.54. The standard InChI is InChI=1S/C7H7NO2S/c8-6-3-5(10-4-9)1-2-7(6)11/h1-4,11H,8H2. The lowest BCUT2D eigenvalue weighted by molar-refractivity contribution is -0.120. The molecule has 1 aromatic carbocycles. The second-order valence-electron chi connectivity index (χ2n) is 1.93. The molecule has 0 aliphatic rings. The molecule has 0 bridgehead atoms. The summed E-state index contributed by atoms with van der Waals surface area (Å²) in [4.78, 5) is 10.6. The van der Waals surface area contributed by atoms with E-state index in [4.69, 9.17) is 5.73 Å². The summed E-state index contributed by atoms with van der Waals surface area (Å²) < 4.78 is 4.55. The summed E-state index contributed by atoms with van der Waals surface area (Å²) in [5.41, 5.74) is 5.97. The largest absolute Gasteiger partial charge is 0.429 e. The Hall–Kier alpha value is -1.16. The first-order chi connectivity index (χ1) is 5.24. The van der Waals surface area contributed by atoms with Crippen LogP contribution in [0, 0.1) is 0 Å². The fourth-order valence-electron chi connectivity index (χ4n) is 0.661. The van der Waals surface area contributed by atoms with E-state index in [1.165, 1.54) is 6.07 Å². The number of carbonyl (C=O) groups excluding carboxylic acids is 1. The molecule has 58 valence electrons. The summed E-state index contributed by atoms with van der Waals surface area (Å²) in [6, 6.07) is 4.82. The number of hydrogen-bond donors (Lipinski definition) is 2. The first-order valence-electron chi connectivity index (χ1n) is 2.93. The van der Waals surface area contributed by atoms with Crippen molar-refractivity contribution in [1.82, 2.24) is 0 Å². The smallest absolute Gasteiger partial charge is 0.298 e. The molecule has 1 rings (SSSR count). The molecule has 0 aliphatic carbocycles. The van der Waals surface area contributed by atoms with Gasteiger partial charge in [-0.05, 0) is 12.1 Å². The van der Waals surface area contributed by atoms with Crippen LogP contribution in [0.15, 0.2) is 23.1 Å². The van der Waals surface area contributed by atoms with Gasteiger partial charge in [-0.15, -0.1) is 12.6 Å². The molecule has 3 nitrogen and oxygen atoms in total. The lowest BCUT2D eigenvalue weighted by atomic mass is 10.3. The second-order valence-corrected chi connectivity index (χ2v) is 2.42. The SMILES string of the molecule is Nc1cc(OC=O)ccc1S. The maximum absolute atomic E-state index is 9.89. The van der Waals surface area contributed by atoms with Gasteiger partial charge in [0.15, 0.2) is 0 Å². The highest BCUT2D eigenvalue weighted by Crippen LogP contribution is 2.21. The lowest BCUT2D eigenvalue weighted by Crippen LogP contribution is -1.91. The van der Waals surface area contributed by atoms with E-state index in [9.17, 15) is 4.79 Å². The summed E-state index contributed by atoms with van der Waals surface area (Å²) in [5, 5.41) is 0. The molecule has 0 radical (unpaired) electrons. The first-order valence-corrected chi connectivity index (χ1v) is 3.37. The number of benzene rings is 1. The van der Waals surface area contributed by atoms with Crippen molar-refractivity contribution >= 4 is 24.8 Å². The molecule has 1 aromatic rings. The maximum atomic E-state index is 9.89.